The van der Waals surface area contributed by atoms with Crippen LogP contribution in [0.4, 0.5) is 5.95 Å². The minimum atomic E-state index is 0.561. The summed E-state index contributed by atoms with van der Waals surface area (Å²) in [5.74, 6) is 0.762. The lowest BCUT2D eigenvalue weighted by Crippen LogP contribution is -2.22. The third-order valence-corrected chi connectivity index (χ3v) is 3.18. The molecule has 0 aromatic carbocycles. The standard InChI is InChI=1S/C12H16N4/c1-2-6-10(7-3-1)13-12-14-11-8-4-5-9-16(11)15-12/h4-5,8-10H,1-3,6-7H2,(H,13,15). The van der Waals surface area contributed by atoms with E-state index < -0.39 is 0 Å². The molecule has 0 unspecified atom stereocenters. The number of fused-ring (bicyclic) bond motifs is 1. The van der Waals surface area contributed by atoms with Crippen molar-refractivity contribution in [3.05, 3.63) is 24.4 Å². The molecule has 16 heavy (non-hydrogen) atoms. The Kier molecular flexibility index (Phi) is 2.48. The monoisotopic (exact) mass is 216 g/mol. The maximum absolute atomic E-state index is 4.45. The number of aromatic nitrogens is 3. The van der Waals surface area contributed by atoms with Crippen LogP contribution in [0.3, 0.4) is 0 Å². The van der Waals surface area contributed by atoms with E-state index in [1.165, 1.54) is 32.1 Å². The van der Waals surface area contributed by atoms with Crippen molar-refractivity contribution in [1.29, 1.82) is 0 Å². The quantitative estimate of drug-likeness (QED) is 0.838. The van der Waals surface area contributed by atoms with Crippen LogP contribution in [0, 0.1) is 0 Å². The van der Waals surface area contributed by atoms with Crippen molar-refractivity contribution in [3.8, 4) is 0 Å². The molecule has 2 heterocycles. The summed E-state index contributed by atoms with van der Waals surface area (Å²) in [6.45, 7) is 0. The van der Waals surface area contributed by atoms with Gasteiger partial charge in [-0.05, 0) is 25.0 Å². The SMILES string of the molecule is c1ccn2nc(NC3CCCCC3)nc2c1. The number of hydrogen-bond acceptors (Lipinski definition) is 3. The molecule has 2 aromatic rings. The second-order valence-electron chi connectivity index (χ2n) is 4.42. The van der Waals surface area contributed by atoms with Crippen LogP contribution in [0.1, 0.15) is 32.1 Å². The van der Waals surface area contributed by atoms with Crippen LogP contribution in [0.15, 0.2) is 24.4 Å². The molecule has 84 valence electrons. The van der Waals surface area contributed by atoms with Crippen LogP contribution < -0.4 is 5.32 Å². The van der Waals surface area contributed by atoms with Gasteiger partial charge in [0.25, 0.3) is 0 Å². The van der Waals surface area contributed by atoms with Gasteiger partial charge in [-0.2, -0.15) is 4.98 Å². The summed E-state index contributed by atoms with van der Waals surface area (Å²) in [4.78, 5) is 4.45. The maximum Gasteiger partial charge on any atom is 0.243 e. The van der Waals surface area contributed by atoms with Crippen molar-refractivity contribution in [2.75, 3.05) is 5.32 Å². The molecular formula is C12H16N4. The van der Waals surface area contributed by atoms with Crippen LogP contribution in [-0.4, -0.2) is 20.6 Å². The number of hydrogen-bond donors (Lipinski definition) is 1. The van der Waals surface area contributed by atoms with Gasteiger partial charge in [-0.15, -0.1) is 5.10 Å². The Morgan fingerprint density at radius 3 is 2.88 bits per heavy atom. The molecule has 0 atom stereocenters. The van der Waals surface area contributed by atoms with E-state index in [0.717, 1.165) is 11.6 Å². The highest BCUT2D eigenvalue weighted by Crippen LogP contribution is 2.20. The molecule has 1 saturated carbocycles. The maximum atomic E-state index is 4.45. The molecule has 4 nitrogen and oxygen atoms in total. The molecule has 0 amide bonds. The summed E-state index contributed by atoms with van der Waals surface area (Å²) in [6, 6.07) is 6.48. The Balaban J connectivity index is 1.78. The highest BCUT2D eigenvalue weighted by Gasteiger charge is 2.14. The van der Waals surface area contributed by atoms with E-state index in [9.17, 15) is 0 Å². The van der Waals surface area contributed by atoms with E-state index in [4.69, 9.17) is 0 Å². The van der Waals surface area contributed by atoms with Crippen LogP contribution in [-0.2, 0) is 0 Å². The lowest BCUT2D eigenvalue weighted by Gasteiger charge is -2.21. The Hall–Kier alpha value is -1.58. The Morgan fingerprint density at radius 2 is 2.06 bits per heavy atom. The van der Waals surface area contributed by atoms with Gasteiger partial charge in [-0.3, -0.25) is 0 Å². The molecule has 3 rings (SSSR count). The molecule has 1 aliphatic rings. The molecule has 0 spiro atoms. The smallest absolute Gasteiger partial charge is 0.243 e. The van der Waals surface area contributed by atoms with Gasteiger partial charge >= 0.3 is 0 Å². The minimum absolute atomic E-state index is 0.561. The molecule has 1 fully saturated rings. The highest BCUT2D eigenvalue weighted by molar-refractivity contribution is 5.43. The average molecular weight is 216 g/mol. The molecule has 2 aromatic heterocycles. The van der Waals surface area contributed by atoms with Gasteiger partial charge in [0.05, 0.1) is 0 Å². The second-order valence-corrected chi connectivity index (χ2v) is 4.42. The van der Waals surface area contributed by atoms with E-state index in [2.05, 4.69) is 15.4 Å². The molecular weight excluding hydrogens is 200 g/mol. The van der Waals surface area contributed by atoms with Gasteiger partial charge in [0.2, 0.25) is 5.95 Å². The van der Waals surface area contributed by atoms with Crippen molar-refractivity contribution < 1.29 is 0 Å². The first-order valence-corrected chi connectivity index (χ1v) is 6.00. The van der Waals surface area contributed by atoms with Crippen LogP contribution >= 0.6 is 0 Å². The molecule has 0 bridgehead atoms. The third kappa shape index (κ3) is 1.87. The van der Waals surface area contributed by atoms with Crippen molar-refractivity contribution >= 4 is 11.6 Å². The van der Waals surface area contributed by atoms with Gasteiger partial charge < -0.3 is 5.32 Å². The van der Waals surface area contributed by atoms with Gasteiger partial charge in [0.15, 0.2) is 5.65 Å². The summed E-state index contributed by atoms with van der Waals surface area (Å²) in [5.41, 5.74) is 0.904. The zero-order chi connectivity index (χ0) is 10.8. The van der Waals surface area contributed by atoms with Crippen molar-refractivity contribution in [1.82, 2.24) is 14.6 Å². The van der Waals surface area contributed by atoms with E-state index >= 15 is 0 Å². The van der Waals surface area contributed by atoms with Crippen molar-refractivity contribution in [3.63, 3.8) is 0 Å². The fraction of sp³-hybridized carbons (Fsp3) is 0.500. The second kappa shape index (κ2) is 4.12. The van der Waals surface area contributed by atoms with Gasteiger partial charge in [0, 0.05) is 12.2 Å². The molecule has 0 aliphatic heterocycles. The van der Waals surface area contributed by atoms with Gasteiger partial charge in [-0.25, -0.2) is 4.52 Å². The Labute approximate surface area is 94.7 Å². The largest absolute Gasteiger partial charge is 0.350 e. The average Bonchev–Trinajstić information content (AvgIpc) is 2.72. The normalized spacial score (nSPS) is 17.8. The number of anilines is 1. The van der Waals surface area contributed by atoms with E-state index in [1.54, 1.807) is 0 Å². The third-order valence-electron chi connectivity index (χ3n) is 3.18. The Morgan fingerprint density at radius 1 is 1.19 bits per heavy atom. The zero-order valence-corrected chi connectivity index (χ0v) is 9.26. The van der Waals surface area contributed by atoms with E-state index in [-0.39, 0.29) is 0 Å². The number of nitrogens with one attached hydrogen (secondary N) is 1. The fourth-order valence-electron chi connectivity index (χ4n) is 2.32. The molecule has 1 aliphatic carbocycles. The van der Waals surface area contributed by atoms with Gasteiger partial charge in [0.1, 0.15) is 0 Å². The zero-order valence-electron chi connectivity index (χ0n) is 9.26. The molecule has 4 heteroatoms. The van der Waals surface area contributed by atoms with Crippen LogP contribution in [0.25, 0.3) is 5.65 Å². The molecule has 0 radical (unpaired) electrons. The highest BCUT2D eigenvalue weighted by atomic mass is 15.3. The topological polar surface area (TPSA) is 42.2 Å². The summed E-state index contributed by atoms with van der Waals surface area (Å²) in [5, 5.41) is 7.83. The van der Waals surface area contributed by atoms with Crippen LogP contribution in [0.5, 0.6) is 0 Å². The summed E-state index contributed by atoms with van der Waals surface area (Å²) >= 11 is 0. The molecule has 0 saturated heterocycles. The first kappa shape index (κ1) is 9.63. The summed E-state index contributed by atoms with van der Waals surface area (Å²) in [7, 11) is 0. The van der Waals surface area contributed by atoms with Crippen LogP contribution in [0.2, 0.25) is 0 Å². The summed E-state index contributed by atoms with van der Waals surface area (Å²) in [6.07, 6.45) is 8.44. The van der Waals surface area contributed by atoms with E-state index in [1.807, 2.05) is 28.9 Å². The number of pyridine rings is 1. The predicted molar refractivity (Wildman–Crippen MR) is 63.5 cm³/mol. The molecule has 1 N–H and O–H groups in total. The lowest BCUT2D eigenvalue weighted by molar-refractivity contribution is 0.461. The van der Waals surface area contributed by atoms with E-state index in [0.29, 0.717) is 6.04 Å². The number of rotatable bonds is 2. The number of nitrogens with zero attached hydrogens (tertiary/aromatic N) is 3. The fourth-order valence-corrected chi connectivity index (χ4v) is 2.32. The lowest BCUT2D eigenvalue weighted by atomic mass is 9.96. The summed E-state index contributed by atoms with van der Waals surface area (Å²) < 4.78 is 1.81. The first-order chi connectivity index (χ1) is 7.92. The minimum Gasteiger partial charge on any atom is -0.350 e. The van der Waals surface area contributed by atoms with Gasteiger partial charge in [-0.1, -0.05) is 25.3 Å². The van der Waals surface area contributed by atoms with Crippen molar-refractivity contribution in [2.45, 2.75) is 38.1 Å². The predicted octanol–water partition coefficient (Wildman–Crippen LogP) is 2.47. The first-order valence-electron chi connectivity index (χ1n) is 6.00. The Bertz CT molecular complexity index is 438. The van der Waals surface area contributed by atoms with Crippen molar-refractivity contribution in [2.24, 2.45) is 0 Å².